The Morgan fingerprint density at radius 2 is 1.87 bits per heavy atom. The van der Waals surface area contributed by atoms with Gasteiger partial charge in [0.05, 0.1) is 4.90 Å². The van der Waals surface area contributed by atoms with Crippen molar-refractivity contribution in [1.82, 2.24) is 4.72 Å². The van der Waals surface area contributed by atoms with Crippen molar-refractivity contribution in [3.63, 3.8) is 0 Å². The quantitative estimate of drug-likeness (QED) is 0.831. The molecule has 15 heavy (non-hydrogen) atoms. The Balaban J connectivity index is 2.89. The lowest BCUT2D eigenvalue weighted by Crippen LogP contribution is -2.23. The van der Waals surface area contributed by atoms with E-state index in [9.17, 15) is 8.42 Å². The lowest BCUT2D eigenvalue weighted by Gasteiger charge is -2.05. The molecule has 4 heteroatoms. The average molecular weight is 226 g/mol. The first kappa shape index (κ1) is 12.2. The smallest absolute Gasteiger partial charge is 0.211 e. The molecule has 83 valence electrons. The van der Waals surface area contributed by atoms with Gasteiger partial charge in [0.15, 0.2) is 0 Å². The van der Waals surface area contributed by atoms with Crippen molar-refractivity contribution in [3.05, 3.63) is 36.8 Å². The van der Waals surface area contributed by atoms with Gasteiger partial charge in [-0.2, -0.15) is 0 Å². The van der Waals surface area contributed by atoms with Gasteiger partial charge >= 0.3 is 0 Å². The third-order valence-electron chi connectivity index (χ3n) is 2.03. The predicted octanol–water partition coefficient (Wildman–Crippen LogP) is 1.75. The summed E-state index contributed by atoms with van der Waals surface area (Å²) in [5.74, 6) is 0. The van der Waals surface area contributed by atoms with E-state index < -0.39 is 10.0 Å². The fourth-order valence-corrected chi connectivity index (χ4v) is 2.35. The molecule has 1 radical (unpaired) electrons. The molecule has 0 heterocycles. The highest BCUT2D eigenvalue weighted by Crippen LogP contribution is 2.11. The minimum Gasteiger partial charge on any atom is -0.211 e. The second-order valence-electron chi connectivity index (χ2n) is 3.25. The van der Waals surface area contributed by atoms with Crippen molar-refractivity contribution in [3.8, 4) is 0 Å². The minimum atomic E-state index is -3.31. The van der Waals surface area contributed by atoms with E-state index >= 15 is 0 Å². The van der Waals surface area contributed by atoms with Crippen molar-refractivity contribution in [2.45, 2.75) is 24.7 Å². The molecule has 1 aromatic carbocycles. The fraction of sp³-hybridized carbons (Fsp3) is 0.364. The molecule has 0 aliphatic heterocycles. The van der Waals surface area contributed by atoms with Crippen molar-refractivity contribution in [1.29, 1.82) is 0 Å². The molecule has 0 fully saturated rings. The summed E-state index contributed by atoms with van der Waals surface area (Å²) in [4.78, 5) is 0.317. The van der Waals surface area contributed by atoms with E-state index in [1.165, 1.54) is 0 Å². The van der Waals surface area contributed by atoms with E-state index in [2.05, 4.69) is 11.6 Å². The number of nitrogens with one attached hydrogen (secondary N) is 1. The van der Waals surface area contributed by atoms with Crippen molar-refractivity contribution in [2.24, 2.45) is 0 Å². The molecule has 0 bridgehead atoms. The number of hydrogen-bond acceptors (Lipinski definition) is 2. The van der Waals surface area contributed by atoms with E-state index in [0.29, 0.717) is 11.4 Å². The Kier molecular flexibility index (Phi) is 4.29. The second kappa shape index (κ2) is 5.28. The highest BCUT2D eigenvalue weighted by atomic mass is 32.2. The molecule has 0 saturated heterocycles. The van der Waals surface area contributed by atoms with E-state index in [0.717, 1.165) is 18.4 Å². The van der Waals surface area contributed by atoms with Crippen molar-refractivity contribution < 1.29 is 8.42 Å². The van der Waals surface area contributed by atoms with Gasteiger partial charge in [-0.1, -0.05) is 26.0 Å². The monoisotopic (exact) mass is 226 g/mol. The molecular formula is C11H16NO2S. The maximum absolute atomic E-state index is 11.6. The van der Waals surface area contributed by atoms with Gasteiger partial charge in [-0.15, -0.1) is 0 Å². The van der Waals surface area contributed by atoms with Crippen LogP contribution < -0.4 is 4.72 Å². The number of hydrogen-bond donors (Lipinski definition) is 1. The van der Waals surface area contributed by atoms with Crippen LogP contribution in [0.3, 0.4) is 0 Å². The maximum atomic E-state index is 11.6. The van der Waals surface area contributed by atoms with Crippen LogP contribution in [0.1, 0.15) is 18.9 Å². The highest BCUT2D eigenvalue weighted by Gasteiger charge is 2.11. The summed E-state index contributed by atoms with van der Waals surface area (Å²) in [6.07, 6.45) is 1.70. The third-order valence-corrected chi connectivity index (χ3v) is 3.59. The van der Waals surface area contributed by atoms with Crippen LogP contribution >= 0.6 is 0 Å². The molecule has 1 rings (SSSR count). The Morgan fingerprint density at radius 1 is 1.27 bits per heavy atom. The van der Waals surface area contributed by atoms with Crippen LogP contribution in [0.5, 0.6) is 0 Å². The summed E-state index contributed by atoms with van der Waals surface area (Å²) in [5, 5.41) is 0. The highest BCUT2D eigenvalue weighted by molar-refractivity contribution is 7.89. The third kappa shape index (κ3) is 3.32. The largest absolute Gasteiger partial charge is 0.240 e. The van der Waals surface area contributed by atoms with Crippen LogP contribution in [0.4, 0.5) is 0 Å². The topological polar surface area (TPSA) is 46.2 Å². The lowest BCUT2D eigenvalue weighted by atomic mass is 10.1. The van der Waals surface area contributed by atoms with Crippen LogP contribution in [0.25, 0.3) is 0 Å². The average Bonchev–Trinajstić information content (AvgIpc) is 2.19. The van der Waals surface area contributed by atoms with Crippen LogP contribution in [0.15, 0.2) is 29.2 Å². The molecule has 0 saturated carbocycles. The molecule has 0 aromatic heterocycles. The van der Waals surface area contributed by atoms with Crippen LogP contribution in [0, 0.1) is 6.92 Å². The zero-order valence-corrected chi connectivity index (χ0v) is 9.68. The predicted molar refractivity (Wildman–Crippen MR) is 61.0 cm³/mol. The molecule has 0 atom stereocenters. The summed E-state index contributed by atoms with van der Waals surface area (Å²) in [5.41, 5.74) is 1.11. The standard InChI is InChI=1S/C11H16NO2S/c1-3-5-10-6-8-11(9-7-10)15(13,14)12-4-2/h6-9,12H,1,3-5H2,2H3. The Morgan fingerprint density at radius 3 is 2.33 bits per heavy atom. The maximum Gasteiger partial charge on any atom is 0.240 e. The molecular weight excluding hydrogens is 210 g/mol. The van der Waals surface area contributed by atoms with Crippen molar-refractivity contribution >= 4 is 10.0 Å². The number of aryl methyl sites for hydroxylation is 1. The summed E-state index contributed by atoms with van der Waals surface area (Å²) in [7, 11) is -3.31. The number of rotatable bonds is 5. The van der Waals surface area contributed by atoms with Crippen LogP contribution in [0.2, 0.25) is 0 Å². The molecule has 1 N–H and O–H groups in total. The van der Waals surface area contributed by atoms with E-state index in [1.807, 2.05) is 12.1 Å². The Bertz CT molecular complexity index is 395. The molecule has 0 aliphatic carbocycles. The van der Waals surface area contributed by atoms with Crippen molar-refractivity contribution in [2.75, 3.05) is 6.54 Å². The lowest BCUT2D eigenvalue weighted by molar-refractivity contribution is 0.584. The number of sulfonamides is 1. The first-order valence-corrected chi connectivity index (χ1v) is 6.46. The van der Waals surface area contributed by atoms with Gasteiger partial charge in [0.25, 0.3) is 0 Å². The van der Waals surface area contributed by atoms with Gasteiger partial charge in [0.1, 0.15) is 0 Å². The molecule has 0 unspecified atom stereocenters. The van der Waals surface area contributed by atoms with Gasteiger partial charge < -0.3 is 0 Å². The molecule has 0 aliphatic rings. The SMILES string of the molecule is [CH2]CCc1ccc(S(=O)(=O)NCC)cc1. The summed E-state index contributed by atoms with van der Waals surface area (Å²) >= 11 is 0. The fourth-order valence-electron chi connectivity index (χ4n) is 1.31. The van der Waals surface area contributed by atoms with Gasteiger partial charge in [0.2, 0.25) is 10.0 Å². The first-order chi connectivity index (χ1) is 7.10. The normalized spacial score (nSPS) is 11.6. The van der Waals surface area contributed by atoms with Gasteiger partial charge in [-0.25, -0.2) is 13.1 Å². The van der Waals surface area contributed by atoms with Gasteiger partial charge in [-0.05, 0) is 30.5 Å². The zero-order valence-electron chi connectivity index (χ0n) is 8.86. The van der Waals surface area contributed by atoms with Crippen LogP contribution in [-0.2, 0) is 16.4 Å². The van der Waals surface area contributed by atoms with E-state index in [-0.39, 0.29) is 0 Å². The van der Waals surface area contributed by atoms with Crippen LogP contribution in [-0.4, -0.2) is 15.0 Å². The van der Waals surface area contributed by atoms with Gasteiger partial charge in [0, 0.05) is 6.54 Å². The summed E-state index contributed by atoms with van der Waals surface area (Å²) in [6.45, 7) is 5.92. The molecule has 3 nitrogen and oxygen atoms in total. The number of benzene rings is 1. The first-order valence-electron chi connectivity index (χ1n) is 4.98. The summed E-state index contributed by atoms with van der Waals surface area (Å²) < 4.78 is 25.6. The van der Waals surface area contributed by atoms with Gasteiger partial charge in [-0.3, -0.25) is 0 Å². The second-order valence-corrected chi connectivity index (χ2v) is 5.02. The van der Waals surface area contributed by atoms with E-state index in [4.69, 9.17) is 0 Å². The molecule has 0 spiro atoms. The Hall–Kier alpha value is -0.870. The minimum absolute atomic E-state index is 0.317. The summed E-state index contributed by atoms with van der Waals surface area (Å²) in [6, 6.07) is 6.91. The zero-order chi connectivity index (χ0) is 11.3. The molecule has 1 aromatic rings. The Labute approximate surface area is 91.6 Å². The van der Waals surface area contributed by atoms with E-state index in [1.54, 1.807) is 19.1 Å². The molecule has 0 amide bonds.